The van der Waals surface area contributed by atoms with E-state index >= 15 is 0 Å². The molecule has 3 rings (SSSR count). The molecule has 0 heterocycles. The number of carbonyl (C=O) groups is 1. The molecule has 0 saturated carbocycles. The molecule has 0 radical (unpaired) electrons. The van der Waals surface area contributed by atoms with Crippen LogP contribution in [0.15, 0.2) is 78.9 Å². The number of anilines is 1. The molecule has 3 aromatic rings. The Morgan fingerprint density at radius 1 is 0.880 bits per heavy atom. The second-order valence-corrected chi connectivity index (χ2v) is 7.00. The van der Waals surface area contributed by atoms with E-state index in [-0.39, 0.29) is 5.91 Å². The minimum absolute atomic E-state index is 0.00217. The van der Waals surface area contributed by atoms with Crippen LogP contribution in [0.5, 0.6) is 0 Å². The van der Waals surface area contributed by atoms with Crippen LogP contribution in [-0.4, -0.2) is 11.7 Å². The van der Waals surface area contributed by atoms with Gasteiger partial charge in [-0.3, -0.25) is 4.79 Å². The van der Waals surface area contributed by atoms with Gasteiger partial charge in [0.1, 0.15) is 0 Å². The number of benzene rings is 3. The lowest BCUT2D eigenvalue weighted by Crippen LogP contribution is -2.14. The Hall–Kier alpha value is -2.23. The number of amides is 1. The van der Waals surface area contributed by atoms with E-state index in [1.165, 1.54) is 0 Å². The summed E-state index contributed by atoms with van der Waals surface area (Å²) in [5.41, 5.74) is 4.11. The molecule has 0 bridgehead atoms. The summed E-state index contributed by atoms with van der Waals surface area (Å²) in [5.74, 6) is 1.19. The fraction of sp³-hybridized carbons (Fsp3) is 0.0952. The van der Waals surface area contributed by atoms with Crippen molar-refractivity contribution >= 4 is 35.0 Å². The van der Waals surface area contributed by atoms with Gasteiger partial charge in [0.05, 0.1) is 5.75 Å². The third kappa shape index (κ3) is 5.12. The first-order chi connectivity index (χ1) is 12.2. The summed E-state index contributed by atoms with van der Waals surface area (Å²) < 4.78 is 0. The Kier molecular flexibility index (Phi) is 6.15. The van der Waals surface area contributed by atoms with Crippen molar-refractivity contribution in [1.29, 1.82) is 0 Å². The fourth-order valence-corrected chi connectivity index (χ4v) is 3.40. The van der Waals surface area contributed by atoms with Gasteiger partial charge in [0.25, 0.3) is 0 Å². The smallest absolute Gasteiger partial charge is 0.234 e. The molecule has 126 valence electrons. The van der Waals surface area contributed by atoms with Gasteiger partial charge in [0.2, 0.25) is 5.91 Å². The first-order valence-electron chi connectivity index (χ1n) is 7.99. The van der Waals surface area contributed by atoms with Gasteiger partial charge >= 0.3 is 0 Å². The molecule has 0 spiro atoms. The zero-order chi connectivity index (χ0) is 17.5. The van der Waals surface area contributed by atoms with Crippen molar-refractivity contribution < 1.29 is 4.79 Å². The zero-order valence-corrected chi connectivity index (χ0v) is 15.2. The van der Waals surface area contributed by atoms with E-state index in [1.54, 1.807) is 11.8 Å². The highest BCUT2D eigenvalue weighted by Crippen LogP contribution is 2.27. The monoisotopic (exact) mass is 367 g/mol. The third-order valence-electron chi connectivity index (χ3n) is 3.70. The molecule has 25 heavy (non-hydrogen) atoms. The number of nitrogens with one attached hydrogen (secondary N) is 1. The minimum atomic E-state index is 0.00217. The Morgan fingerprint density at radius 3 is 2.32 bits per heavy atom. The second-order valence-electron chi connectivity index (χ2n) is 5.58. The number of rotatable bonds is 6. The highest BCUT2D eigenvalue weighted by Gasteiger charge is 2.08. The standard InChI is InChI=1S/C21H18ClNOS/c22-18-12-10-16(11-13-18)14-25-15-21(24)23-20-9-5-4-8-19(20)17-6-2-1-3-7-17/h1-13H,14-15H2,(H,23,24). The molecule has 1 amide bonds. The molecule has 0 aliphatic heterocycles. The fourth-order valence-electron chi connectivity index (χ4n) is 2.49. The van der Waals surface area contributed by atoms with E-state index in [0.717, 1.165) is 33.2 Å². The van der Waals surface area contributed by atoms with Gasteiger partial charge < -0.3 is 5.32 Å². The largest absolute Gasteiger partial charge is 0.325 e. The summed E-state index contributed by atoms with van der Waals surface area (Å²) in [6.07, 6.45) is 0. The quantitative estimate of drug-likeness (QED) is 0.589. The zero-order valence-electron chi connectivity index (χ0n) is 13.6. The van der Waals surface area contributed by atoms with Crippen LogP contribution in [0.3, 0.4) is 0 Å². The molecule has 0 aliphatic rings. The normalized spacial score (nSPS) is 10.4. The van der Waals surface area contributed by atoms with Gasteiger partial charge in [-0.15, -0.1) is 11.8 Å². The lowest BCUT2D eigenvalue weighted by Gasteiger charge is -2.11. The first-order valence-corrected chi connectivity index (χ1v) is 9.52. The first kappa shape index (κ1) is 17.6. The molecule has 4 heteroatoms. The molecular weight excluding hydrogens is 350 g/mol. The van der Waals surface area contributed by atoms with Gasteiger partial charge in [-0.25, -0.2) is 0 Å². The maximum atomic E-state index is 12.3. The summed E-state index contributed by atoms with van der Waals surface area (Å²) in [7, 11) is 0. The summed E-state index contributed by atoms with van der Waals surface area (Å²) in [6, 6.07) is 25.6. The highest BCUT2D eigenvalue weighted by molar-refractivity contribution is 7.99. The molecule has 0 unspecified atom stereocenters. The van der Waals surface area contributed by atoms with Crippen LogP contribution in [-0.2, 0) is 10.5 Å². The Morgan fingerprint density at radius 2 is 1.56 bits per heavy atom. The summed E-state index contributed by atoms with van der Waals surface area (Å²) in [5, 5.41) is 3.75. The molecule has 3 aromatic carbocycles. The van der Waals surface area contributed by atoms with E-state index < -0.39 is 0 Å². The van der Waals surface area contributed by atoms with E-state index in [1.807, 2.05) is 78.9 Å². The maximum Gasteiger partial charge on any atom is 0.234 e. The number of hydrogen-bond acceptors (Lipinski definition) is 2. The summed E-state index contributed by atoms with van der Waals surface area (Å²) >= 11 is 7.47. The van der Waals surface area contributed by atoms with Crippen molar-refractivity contribution in [1.82, 2.24) is 0 Å². The number of carbonyl (C=O) groups excluding carboxylic acids is 1. The van der Waals surface area contributed by atoms with Crippen molar-refractivity contribution in [3.05, 3.63) is 89.4 Å². The van der Waals surface area contributed by atoms with Crippen LogP contribution in [0.4, 0.5) is 5.69 Å². The topological polar surface area (TPSA) is 29.1 Å². The van der Waals surface area contributed by atoms with Crippen LogP contribution in [0, 0.1) is 0 Å². The molecule has 0 aromatic heterocycles. The maximum absolute atomic E-state index is 12.3. The van der Waals surface area contributed by atoms with Gasteiger partial charge in [-0.1, -0.05) is 72.3 Å². The van der Waals surface area contributed by atoms with Crippen molar-refractivity contribution in [3.63, 3.8) is 0 Å². The summed E-state index contributed by atoms with van der Waals surface area (Å²) in [6.45, 7) is 0. The van der Waals surface area contributed by atoms with E-state index in [9.17, 15) is 4.79 Å². The molecule has 0 aliphatic carbocycles. The molecule has 0 atom stereocenters. The predicted octanol–water partition coefficient (Wildman–Crippen LogP) is 5.88. The van der Waals surface area contributed by atoms with Gasteiger partial charge in [-0.05, 0) is 29.3 Å². The van der Waals surface area contributed by atoms with Gasteiger partial charge in [-0.2, -0.15) is 0 Å². The third-order valence-corrected chi connectivity index (χ3v) is 4.96. The summed E-state index contributed by atoms with van der Waals surface area (Å²) in [4.78, 5) is 12.3. The van der Waals surface area contributed by atoms with Crippen molar-refractivity contribution in [2.75, 3.05) is 11.1 Å². The SMILES string of the molecule is O=C(CSCc1ccc(Cl)cc1)Nc1ccccc1-c1ccccc1. The van der Waals surface area contributed by atoms with E-state index in [4.69, 9.17) is 11.6 Å². The highest BCUT2D eigenvalue weighted by atomic mass is 35.5. The second kappa shape index (κ2) is 8.75. The van der Waals surface area contributed by atoms with Crippen LogP contribution in [0.2, 0.25) is 5.02 Å². The Balaban J connectivity index is 1.59. The van der Waals surface area contributed by atoms with E-state index in [0.29, 0.717) is 5.75 Å². The predicted molar refractivity (Wildman–Crippen MR) is 108 cm³/mol. The lowest BCUT2D eigenvalue weighted by atomic mass is 10.0. The average Bonchev–Trinajstić information content (AvgIpc) is 2.64. The lowest BCUT2D eigenvalue weighted by molar-refractivity contribution is -0.113. The number of para-hydroxylation sites is 1. The van der Waals surface area contributed by atoms with Crippen LogP contribution < -0.4 is 5.32 Å². The number of halogens is 1. The van der Waals surface area contributed by atoms with Crippen LogP contribution >= 0.6 is 23.4 Å². The number of thioether (sulfide) groups is 1. The van der Waals surface area contributed by atoms with Gasteiger partial charge in [0.15, 0.2) is 0 Å². The Bertz CT molecular complexity index is 834. The molecule has 1 N–H and O–H groups in total. The molecule has 2 nitrogen and oxygen atoms in total. The molecule has 0 fully saturated rings. The van der Waals surface area contributed by atoms with Crippen LogP contribution in [0.1, 0.15) is 5.56 Å². The molecule has 0 saturated heterocycles. The van der Waals surface area contributed by atoms with Crippen LogP contribution in [0.25, 0.3) is 11.1 Å². The van der Waals surface area contributed by atoms with Gasteiger partial charge in [0, 0.05) is 22.0 Å². The average molecular weight is 368 g/mol. The van der Waals surface area contributed by atoms with Crippen molar-refractivity contribution in [2.24, 2.45) is 0 Å². The van der Waals surface area contributed by atoms with E-state index in [2.05, 4.69) is 5.32 Å². The minimum Gasteiger partial charge on any atom is -0.325 e. The Labute approximate surface area is 157 Å². The van der Waals surface area contributed by atoms with Crippen molar-refractivity contribution in [3.8, 4) is 11.1 Å². The molecular formula is C21H18ClNOS. The van der Waals surface area contributed by atoms with Crippen molar-refractivity contribution in [2.45, 2.75) is 5.75 Å². The number of hydrogen-bond donors (Lipinski definition) is 1.